The SMILES string of the molecule is CCOc1cc(/C=C2\SC(=Nc3cccc(Cl)c3C)NC2=O)ccc1OCc1cccc2ccccc12. The first kappa shape index (κ1) is 24.9. The summed E-state index contributed by atoms with van der Waals surface area (Å²) in [4.78, 5) is 17.7. The topological polar surface area (TPSA) is 59.9 Å². The number of ether oxygens (including phenoxy) is 2. The van der Waals surface area contributed by atoms with Crippen LogP contribution in [0.3, 0.4) is 0 Å². The second kappa shape index (κ2) is 11.1. The molecule has 0 saturated carbocycles. The largest absolute Gasteiger partial charge is 0.490 e. The molecule has 1 aliphatic rings. The van der Waals surface area contributed by atoms with Gasteiger partial charge in [-0.1, -0.05) is 66.2 Å². The van der Waals surface area contributed by atoms with Crippen LogP contribution in [-0.4, -0.2) is 17.7 Å². The number of fused-ring (bicyclic) bond motifs is 1. The van der Waals surface area contributed by atoms with Gasteiger partial charge in [0.2, 0.25) is 0 Å². The lowest BCUT2D eigenvalue weighted by molar-refractivity contribution is -0.115. The van der Waals surface area contributed by atoms with E-state index in [-0.39, 0.29) is 5.91 Å². The molecule has 0 atom stereocenters. The van der Waals surface area contributed by atoms with Crippen LogP contribution < -0.4 is 14.8 Å². The minimum atomic E-state index is -0.197. The van der Waals surface area contributed by atoms with Gasteiger partial charge in [0.1, 0.15) is 6.61 Å². The summed E-state index contributed by atoms with van der Waals surface area (Å²) >= 11 is 7.49. The van der Waals surface area contributed by atoms with Gasteiger partial charge in [0.25, 0.3) is 5.91 Å². The van der Waals surface area contributed by atoms with Crippen molar-refractivity contribution in [3.8, 4) is 11.5 Å². The molecule has 1 heterocycles. The van der Waals surface area contributed by atoms with Gasteiger partial charge in [0.05, 0.1) is 17.2 Å². The number of thioether (sulfide) groups is 1. The average Bonchev–Trinajstić information content (AvgIpc) is 3.24. The number of carbonyl (C=O) groups excluding carboxylic acids is 1. The molecule has 0 aliphatic carbocycles. The van der Waals surface area contributed by atoms with Crippen LogP contribution in [0.4, 0.5) is 5.69 Å². The third kappa shape index (κ3) is 5.66. The minimum absolute atomic E-state index is 0.197. The first-order valence-electron chi connectivity index (χ1n) is 11.9. The van der Waals surface area contributed by atoms with E-state index in [1.807, 2.05) is 74.5 Å². The number of amides is 1. The van der Waals surface area contributed by atoms with Crippen LogP contribution in [0.2, 0.25) is 5.02 Å². The summed E-state index contributed by atoms with van der Waals surface area (Å²) in [5.41, 5.74) is 3.53. The number of aliphatic imine (C=N–C) groups is 1. The standard InChI is InChI=1S/C30H25ClN2O3S/c1-3-35-27-16-20(14-15-26(27)36-18-22-10-6-9-21-8-4-5-11-23(21)22)17-28-29(34)33-30(37-28)32-25-13-7-12-24(31)19(25)2/h4-17H,3,18H2,1-2H3,(H,32,33,34)/b28-17-. The summed E-state index contributed by atoms with van der Waals surface area (Å²) in [6.07, 6.45) is 1.82. The molecule has 186 valence electrons. The van der Waals surface area contributed by atoms with Crippen LogP contribution in [0.15, 0.2) is 88.8 Å². The van der Waals surface area contributed by atoms with Gasteiger partial charge >= 0.3 is 0 Å². The summed E-state index contributed by atoms with van der Waals surface area (Å²) in [5.74, 6) is 1.08. The highest BCUT2D eigenvalue weighted by atomic mass is 35.5. The summed E-state index contributed by atoms with van der Waals surface area (Å²) in [5, 5.41) is 6.33. The zero-order valence-electron chi connectivity index (χ0n) is 20.5. The summed E-state index contributed by atoms with van der Waals surface area (Å²) in [7, 11) is 0. The van der Waals surface area contributed by atoms with Crippen molar-refractivity contribution in [3.63, 3.8) is 0 Å². The summed E-state index contributed by atoms with van der Waals surface area (Å²) in [6.45, 7) is 4.75. The van der Waals surface area contributed by atoms with Gasteiger partial charge in [-0.25, -0.2) is 4.99 Å². The molecule has 4 aromatic rings. The predicted octanol–water partition coefficient (Wildman–Crippen LogP) is 7.67. The lowest BCUT2D eigenvalue weighted by Crippen LogP contribution is -2.19. The summed E-state index contributed by atoms with van der Waals surface area (Å²) < 4.78 is 12.0. The Morgan fingerprint density at radius 3 is 2.65 bits per heavy atom. The molecule has 7 heteroatoms. The Kier molecular flexibility index (Phi) is 7.49. The second-order valence-corrected chi connectivity index (χ2v) is 9.87. The maximum absolute atomic E-state index is 12.6. The van der Waals surface area contributed by atoms with Crippen molar-refractivity contribution >= 4 is 57.0 Å². The van der Waals surface area contributed by atoms with Crippen molar-refractivity contribution in [2.45, 2.75) is 20.5 Å². The van der Waals surface area contributed by atoms with Gasteiger partial charge < -0.3 is 14.8 Å². The predicted molar refractivity (Wildman–Crippen MR) is 153 cm³/mol. The fourth-order valence-corrected chi connectivity index (χ4v) is 5.04. The van der Waals surface area contributed by atoms with Gasteiger partial charge in [-0.2, -0.15) is 0 Å². The number of benzene rings is 4. The molecule has 5 rings (SSSR count). The minimum Gasteiger partial charge on any atom is -0.490 e. The smallest absolute Gasteiger partial charge is 0.264 e. The van der Waals surface area contributed by atoms with Crippen LogP contribution >= 0.6 is 23.4 Å². The van der Waals surface area contributed by atoms with E-state index < -0.39 is 0 Å². The molecule has 1 N–H and O–H groups in total. The number of carbonyl (C=O) groups is 1. The number of amidine groups is 1. The Hall–Kier alpha value is -3.74. The zero-order chi connectivity index (χ0) is 25.8. The van der Waals surface area contributed by atoms with Crippen molar-refractivity contribution in [2.75, 3.05) is 6.61 Å². The fraction of sp³-hybridized carbons (Fsp3) is 0.133. The molecule has 1 fully saturated rings. The monoisotopic (exact) mass is 528 g/mol. The fourth-order valence-electron chi connectivity index (χ4n) is 4.03. The first-order chi connectivity index (χ1) is 18.0. The van der Waals surface area contributed by atoms with E-state index in [0.29, 0.717) is 39.8 Å². The van der Waals surface area contributed by atoms with Gasteiger partial charge in [-0.15, -0.1) is 0 Å². The first-order valence-corrected chi connectivity index (χ1v) is 13.1. The number of halogens is 1. The van der Waals surface area contributed by atoms with E-state index in [1.54, 1.807) is 0 Å². The number of rotatable bonds is 7. The molecule has 0 unspecified atom stereocenters. The number of nitrogens with one attached hydrogen (secondary N) is 1. The van der Waals surface area contributed by atoms with Crippen LogP contribution in [0.5, 0.6) is 11.5 Å². The molecule has 1 aliphatic heterocycles. The Morgan fingerprint density at radius 1 is 0.973 bits per heavy atom. The molecule has 37 heavy (non-hydrogen) atoms. The van der Waals surface area contributed by atoms with Crippen molar-refractivity contribution in [2.24, 2.45) is 4.99 Å². The molecule has 0 aromatic heterocycles. The van der Waals surface area contributed by atoms with Gasteiger partial charge in [-0.3, -0.25) is 4.79 Å². The third-order valence-electron chi connectivity index (χ3n) is 5.94. The highest BCUT2D eigenvalue weighted by Crippen LogP contribution is 2.34. The number of nitrogens with zero attached hydrogens (tertiary/aromatic N) is 1. The molecule has 0 radical (unpaired) electrons. The maximum atomic E-state index is 12.6. The van der Waals surface area contributed by atoms with Crippen LogP contribution in [-0.2, 0) is 11.4 Å². The number of hydrogen-bond donors (Lipinski definition) is 1. The van der Waals surface area contributed by atoms with Gasteiger partial charge in [0.15, 0.2) is 16.7 Å². The van der Waals surface area contributed by atoms with Gasteiger partial charge in [-0.05, 0) is 83.4 Å². The number of hydrogen-bond acceptors (Lipinski definition) is 5. The molecule has 0 spiro atoms. The van der Waals surface area contributed by atoms with Crippen LogP contribution in [0.25, 0.3) is 16.8 Å². The Balaban J connectivity index is 1.35. The quantitative estimate of drug-likeness (QED) is 0.250. The molecular formula is C30H25ClN2O3S. The van der Waals surface area contributed by atoms with E-state index in [9.17, 15) is 4.79 Å². The van der Waals surface area contributed by atoms with E-state index >= 15 is 0 Å². The molecule has 1 saturated heterocycles. The third-order valence-corrected chi connectivity index (χ3v) is 7.26. The van der Waals surface area contributed by atoms with E-state index in [1.165, 1.54) is 22.5 Å². The second-order valence-electron chi connectivity index (χ2n) is 8.43. The molecule has 0 bridgehead atoms. The normalized spacial score (nSPS) is 15.4. The molecule has 4 aromatic carbocycles. The molecule has 1 amide bonds. The van der Waals surface area contributed by atoms with Gasteiger partial charge in [0, 0.05) is 5.02 Å². The van der Waals surface area contributed by atoms with Crippen LogP contribution in [0, 0.1) is 6.92 Å². The summed E-state index contributed by atoms with van der Waals surface area (Å²) in [6, 6.07) is 25.7. The van der Waals surface area contributed by atoms with Crippen molar-refractivity contribution in [1.82, 2.24) is 5.32 Å². The molecule has 5 nitrogen and oxygen atoms in total. The lowest BCUT2D eigenvalue weighted by Gasteiger charge is -2.14. The highest BCUT2D eigenvalue weighted by Gasteiger charge is 2.24. The van der Waals surface area contributed by atoms with E-state index in [2.05, 4.69) is 34.6 Å². The van der Waals surface area contributed by atoms with E-state index in [4.69, 9.17) is 21.1 Å². The van der Waals surface area contributed by atoms with Crippen molar-refractivity contribution in [3.05, 3.63) is 105 Å². The average molecular weight is 529 g/mol. The Bertz CT molecular complexity index is 1540. The van der Waals surface area contributed by atoms with E-state index in [0.717, 1.165) is 22.4 Å². The van der Waals surface area contributed by atoms with Crippen molar-refractivity contribution in [1.29, 1.82) is 0 Å². The Labute approximate surface area is 225 Å². The lowest BCUT2D eigenvalue weighted by atomic mass is 10.1. The van der Waals surface area contributed by atoms with Crippen molar-refractivity contribution < 1.29 is 14.3 Å². The maximum Gasteiger partial charge on any atom is 0.264 e. The van der Waals surface area contributed by atoms with Crippen LogP contribution in [0.1, 0.15) is 23.6 Å². The zero-order valence-corrected chi connectivity index (χ0v) is 22.0. The molecular weight excluding hydrogens is 504 g/mol. The highest BCUT2D eigenvalue weighted by molar-refractivity contribution is 8.18. The Morgan fingerprint density at radius 2 is 1.78 bits per heavy atom.